The van der Waals surface area contributed by atoms with Gasteiger partial charge in [0.1, 0.15) is 17.1 Å². The number of carboxylic acids is 1. The molecule has 1 amide bonds. The summed E-state index contributed by atoms with van der Waals surface area (Å²) in [6.45, 7) is 0.223. The second-order valence-corrected chi connectivity index (χ2v) is 4.73. The van der Waals surface area contributed by atoms with Gasteiger partial charge in [-0.2, -0.15) is 0 Å². The van der Waals surface area contributed by atoms with Gasteiger partial charge < -0.3 is 15.6 Å². The zero-order chi connectivity index (χ0) is 11.9. The van der Waals surface area contributed by atoms with Gasteiger partial charge in [0.05, 0.1) is 6.61 Å². The number of hydrogen-bond donors (Lipinski definition) is 2. The summed E-state index contributed by atoms with van der Waals surface area (Å²) in [4.78, 5) is 23.9. The van der Waals surface area contributed by atoms with Crippen molar-refractivity contribution in [2.24, 2.45) is 5.73 Å². The average molecular weight is 244 g/mol. The Morgan fingerprint density at radius 1 is 1.75 bits per heavy atom. The van der Waals surface area contributed by atoms with Gasteiger partial charge in [0.15, 0.2) is 0 Å². The molecule has 2 heterocycles. The zero-order valence-electron chi connectivity index (χ0n) is 8.67. The second-order valence-electron chi connectivity index (χ2n) is 3.63. The minimum atomic E-state index is -1.10. The van der Waals surface area contributed by atoms with E-state index in [9.17, 15) is 9.59 Å². The molecule has 1 fully saturated rings. The van der Waals surface area contributed by atoms with Gasteiger partial charge in [-0.25, -0.2) is 4.79 Å². The highest BCUT2D eigenvalue weighted by Crippen LogP contribution is 2.39. The van der Waals surface area contributed by atoms with Crippen LogP contribution in [0.15, 0.2) is 11.3 Å². The molecule has 6 nitrogen and oxygen atoms in total. The molecule has 0 bridgehead atoms. The first kappa shape index (κ1) is 11.4. The standard InChI is InChI=1S/C9H12N2O4S/c1-15-2-4-3-16-8-5(10)7(12)11(8)6(4)9(13)14/h5,8H,2-3,10H2,1H3,(H,13,14)/t5?,8-/m1/s1. The van der Waals surface area contributed by atoms with Crippen molar-refractivity contribution in [2.75, 3.05) is 19.5 Å². The number of amides is 1. The molecule has 16 heavy (non-hydrogen) atoms. The lowest BCUT2D eigenvalue weighted by molar-refractivity contribution is -0.148. The molecular formula is C9H12N2O4S. The van der Waals surface area contributed by atoms with Gasteiger partial charge in [-0.15, -0.1) is 11.8 Å². The summed E-state index contributed by atoms with van der Waals surface area (Å²) in [5, 5.41) is 8.87. The molecule has 0 aliphatic carbocycles. The lowest BCUT2D eigenvalue weighted by atomic mass is 10.0. The Labute approximate surface area is 96.4 Å². The van der Waals surface area contributed by atoms with Gasteiger partial charge in [-0.3, -0.25) is 9.69 Å². The summed E-state index contributed by atoms with van der Waals surface area (Å²) in [5.41, 5.74) is 6.26. The van der Waals surface area contributed by atoms with E-state index in [4.69, 9.17) is 15.6 Å². The van der Waals surface area contributed by atoms with Crippen molar-refractivity contribution in [3.05, 3.63) is 11.3 Å². The van der Waals surface area contributed by atoms with E-state index >= 15 is 0 Å². The van der Waals surface area contributed by atoms with Crippen LogP contribution in [0.25, 0.3) is 0 Å². The van der Waals surface area contributed by atoms with E-state index in [1.165, 1.54) is 23.8 Å². The molecule has 1 unspecified atom stereocenters. The Kier molecular flexibility index (Phi) is 2.92. The van der Waals surface area contributed by atoms with Crippen LogP contribution in [0.1, 0.15) is 0 Å². The van der Waals surface area contributed by atoms with E-state index in [-0.39, 0.29) is 23.6 Å². The minimum Gasteiger partial charge on any atom is -0.477 e. The van der Waals surface area contributed by atoms with Crippen LogP contribution >= 0.6 is 11.8 Å². The molecule has 0 spiro atoms. The topological polar surface area (TPSA) is 92.9 Å². The number of carbonyl (C=O) groups is 2. The van der Waals surface area contributed by atoms with E-state index in [0.717, 1.165) is 0 Å². The van der Waals surface area contributed by atoms with Gasteiger partial charge in [0, 0.05) is 12.9 Å². The molecule has 7 heteroatoms. The fraction of sp³-hybridized carbons (Fsp3) is 0.556. The first-order valence-electron chi connectivity index (χ1n) is 4.72. The van der Waals surface area contributed by atoms with E-state index in [1.807, 2.05) is 0 Å². The summed E-state index contributed by atoms with van der Waals surface area (Å²) in [6, 6.07) is -0.580. The highest BCUT2D eigenvalue weighted by molar-refractivity contribution is 8.00. The molecule has 0 radical (unpaired) electrons. The molecule has 2 atom stereocenters. The Bertz CT molecular complexity index is 382. The number of nitrogens with zero attached hydrogens (tertiary/aromatic N) is 1. The van der Waals surface area contributed by atoms with Gasteiger partial charge in [-0.1, -0.05) is 0 Å². The quantitative estimate of drug-likeness (QED) is 0.632. The Balaban J connectivity index is 2.34. The summed E-state index contributed by atoms with van der Waals surface area (Å²) in [6.07, 6.45) is 0. The number of fused-ring (bicyclic) bond motifs is 1. The van der Waals surface area contributed by atoms with Crippen LogP contribution in [0.2, 0.25) is 0 Å². The minimum absolute atomic E-state index is 0.0392. The Morgan fingerprint density at radius 2 is 2.44 bits per heavy atom. The Hall–Kier alpha value is -1.05. The van der Waals surface area contributed by atoms with Crippen LogP contribution in [0.4, 0.5) is 0 Å². The molecule has 0 aromatic rings. The fourth-order valence-electron chi connectivity index (χ4n) is 1.87. The third-order valence-electron chi connectivity index (χ3n) is 2.61. The number of thioether (sulfide) groups is 1. The van der Waals surface area contributed by atoms with E-state index in [0.29, 0.717) is 11.3 Å². The van der Waals surface area contributed by atoms with Crippen molar-refractivity contribution < 1.29 is 19.4 Å². The predicted molar refractivity (Wildman–Crippen MR) is 57.6 cm³/mol. The van der Waals surface area contributed by atoms with Gasteiger partial charge in [-0.05, 0) is 5.57 Å². The maximum absolute atomic E-state index is 11.5. The van der Waals surface area contributed by atoms with E-state index in [2.05, 4.69) is 0 Å². The molecule has 0 aromatic carbocycles. The van der Waals surface area contributed by atoms with Crippen LogP contribution in [0.3, 0.4) is 0 Å². The van der Waals surface area contributed by atoms with Crippen molar-refractivity contribution in [1.82, 2.24) is 4.90 Å². The first-order valence-corrected chi connectivity index (χ1v) is 5.77. The van der Waals surface area contributed by atoms with Crippen molar-refractivity contribution in [1.29, 1.82) is 0 Å². The van der Waals surface area contributed by atoms with Crippen LogP contribution in [0.5, 0.6) is 0 Å². The highest BCUT2D eigenvalue weighted by atomic mass is 32.2. The van der Waals surface area contributed by atoms with Crippen molar-refractivity contribution in [2.45, 2.75) is 11.4 Å². The summed E-state index contributed by atoms with van der Waals surface area (Å²) in [5.74, 6) is -0.891. The molecule has 3 N–H and O–H groups in total. The second kappa shape index (κ2) is 4.08. The zero-order valence-corrected chi connectivity index (χ0v) is 9.49. The van der Waals surface area contributed by atoms with Gasteiger partial charge >= 0.3 is 5.97 Å². The van der Waals surface area contributed by atoms with Crippen LogP contribution in [0, 0.1) is 0 Å². The van der Waals surface area contributed by atoms with Gasteiger partial charge in [0.25, 0.3) is 0 Å². The molecule has 2 aliphatic rings. The monoisotopic (exact) mass is 244 g/mol. The van der Waals surface area contributed by atoms with Crippen LogP contribution < -0.4 is 5.73 Å². The highest BCUT2D eigenvalue weighted by Gasteiger charge is 2.51. The van der Waals surface area contributed by atoms with Crippen molar-refractivity contribution >= 4 is 23.6 Å². The number of carboxylic acid groups (broad SMARTS) is 1. The lowest BCUT2D eigenvalue weighted by Crippen LogP contribution is -2.68. The van der Waals surface area contributed by atoms with Gasteiger partial charge in [0.2, 0.25) is 5.91 Å². The molecule has 2 rings (SSSR count). The number of β-lactam (4-membered cyclic amide) rings is 1. The normalized spacial score (nSPS) is 28.9. The van der Waals surface area contributed by atoms with E-state index < -0.39 is 12.0 Å². The summed E-state index contributed by atoms with van der Waals surface area (Å²) < 4.78 is 4.93. The fourth-order valence-corrected chi connectivity index (χ4v) is 3.14. The number of ether oxygens (including phenoxy) is 1. The van der Waals surface area contributed by atoms with Crippen molar-refractivity contribution in [3.8, 4) is 0 Å². The molecule has 88 valence electrons. The van der Waals surface area contributed by atoms with E-state index in [1.54, 1.807) is 0 Å². The summed E-state index contributed by atoms with van der Waals surface area (Å²) >= 11 is 1.47. The van der Waals surface area contributed by atoms with Crippen LogP contribution in [-0.4, -0.2) is 52.8 Å². The smallest absolute Gasteiger partial charge is 0.352 e. The molecule has 0 aromatic heterocycles. The SMILES string of the molecule is COCC1=C(C(=O)O)N2C(=O)C(N)[C@H]2SC1. The maximum atomic E-state index is 11.5. The largest absolute Gasteiger partial charge is 0.477 e. The van der Waals surface area contributed by atoms with Crippen molar-refractivity contribution in [3.63, 3.8) is 0 Å². The number of carbonyl (C=O) groups excluding carboxylic acids is 1. The number of methoxy groups -OCH3 is 1. The van der Waals surface area contributed by atoms with Crippen LogP contribution in [-0.2, 0) is 14.3 Å². The molecule has 1 saturated heterocycles. The average Bonchev–Trinajstić information content (AvgIpc) is 2.27. The molecule has 0 saturated carbocycles. The third kappa shape index (κ3) is 1.51. The number of nitrogens with two attached hydrogens (primary N) is 1. The molecular weight excluding hydrogens is 232 g/mol. The first-order chi connectivity index (χ1) is 7.57. The third-order valence-corrected chi connectivity index (χ3v) is 3.97. The molecule has 2 aliphatic heterocycles. The lowest BCUT2D eigenvalue weighted by Gasteiger charge is -2.47. The number of rotatable bonds is 3. The summed E-state index contributed by atoms with van der Waals surface area (Å²) in [7, 11) is 1.49. The predicted octanol–water partition coefficient (Wildman–Crippen LogP) is -0.786. The number of hydrogen-bond acceptors (Lipinski definition) is 5. The maximum Gasteiger partial charge on any atom is 0.352 e. The number of aliphatic carboxylic acids is 1. The Morgan fingerprint density at radius 3 is 3.00 bits per heavy atom.